The largest absolute Gasteiger partial charge is 0.486 e. The Labute approximate surface area is 169 Å². The molecule has 0 bridgehead atoms. The number of aromatic nitrogens is 2. The first kappa shape index (κ1) is 20.7. The monoisotopic (exact) mass is 431 g/mol. The van der Waals surface area contributed by atoms with Crippen LogP contribution in [0.2, 0.25) is 5.02 Å². The van der Waals surface area contributed by atoms with Crippen molar-refractivity contribution in [2.45, 2.75) is 36.7 Å². The van der Waals surface area contributed by atoms with Crippen LogP contribution in [0, 0.1) is 0 Å². The van der Waals surface area contributed by atoms with E-state index < -0.39 is 24.9 Å². The molecule has 0 radical (unpaired) electrons. The van der Waals surface area contributed by atoms with E-state index in [1.165, 1.54) is 11.8 Å². The number of alkyl halides is 3. The number of thioether (sulfide) groups is 1. The molecule has 1 atom stereocenters. The Balaban J connectivity index is 1.64. The van der Waals surface area contributed by atoms with E-state index in [0.717, 1.165) is 16.8 Å². The lowest BCUT2D eigenvalue weighted by molar-refractivity contribution is -0.144. The minimum absolute atomic E-state index is 0.112. The van der Waals surface area contributed by atoms with Gasteiger partial charge in [-0.3, -0.25) is 4.79 Å². The molecular weight excluding hydrogens is 415 g/mol. The second-order valence-electron chi connectivity index (χ2n) is 6.24. The van der Waals surface area contributed by atoms with Gasteiger partial charge in [0.1, 0.15) is 11.9 Å². The summed E-state index contributed by atoms with van der Waals surface area (Å²) >= 11 is 7.77. The Morgan fingerprint density at radius 3 is 2.93 bits per heavy atom. The van der Waals surface area contributed by atoms with Gasteiger partial charge in [-0.25, -0.2) is 9.97 Å². The number of carbonyl (C=O) groups is 1. The first-order chi connectivity index (χ1) is 13.2. The summed E-state index contributed by atoms with van der Waals surface area (Å²) < 4.78 is 42.3. The van der Waals surface area contributed by atoms with Gasteiger partial charge in [0.05, 0.1) is 23.7 Å². The summed E-state index contributed by atoms with van der Waals surface area (Å²) in [5, 5.41) is 3.55. The molecule has 1 aliphatic heterocycles. The van der Waals surface area contributed by atoms with Gasteiger partial charge in [-0.2, -0.15) is 13.2 Å². The Bertz CT molecular complexity index is 880. The van der Waals surface area contributed by atoms with Crippen molar-refractivity contribution in [1.29, 1.82) is 0 Å². The predicted molar refractivity (Wildman–Crippen MR) is 101 cm³/mol. The molecule has 2 aromatic rings. The normalized spacial score (nSPS) is 15.8. The maximum Gasteiger partial charge on any atom is 0.389 e. The number of fused-ring (bicyclic) bond motifs is 1. The van der Waals surface area contributed by atoms with Gasteiger partial charge in [-0.1, -0.05) is 23.4 Å². The molecule has 28 heavy (non-hydrogen) atoms. The molecule has 3 rings (SSSR count). The molecule has 0 fully saturated rings. The van der Waals surface area contributed by atoms with Crippen LogP contribution in [0.1, 0.15) is 18.4 Å². The summed E-state index contributed by atoms with van der Waals surface area (Å²) in [6.07, 6.45) is -2.43. The zero-order valence-electron chi connectivity index (χ0n) is 14.8. The minimum atomic E-state index is -4.35. The molecule has 1 amide bonds. The van der Waals surface area contributed by atoms with E-state index in [-0.39, 0.29) is 12.6 Å². The molecule has 0 saturated heterocycles. The van der Waals surface area contributed by atoms with Crippen molar-refractivity contribution < 1.29 is 22.7 Å². The Morgan fingerprint density at radius 1 is 1.43 bits per heavy atom. The predicted octanol–water partition coefficient (Wildman–Crippen LogP) is 4.28. The first-order valence-electron chi connectivity index (χ1n) is 8.45. The Kier molecular flexibility index (Phi) is 6.34. The van der Waals surface area contributed by atoms with Crippen molar-refractivity contribution in [3.8, 4) is 17.0 Å². The third-order valence-electron chi connectivity index (χ3n) is 4.13. The summed E-state index contributed by atoms with van der Waals surface area (Å²) in [5.74, 6) is -0.131. The van der Waals surface area contributed by atoms with E-state index in [1.54, 1.807) is 18.3 Å². The number of carbonyl (C=O) groups excluding carboxylic acids is 1. The molecule has 2 heterocycles. The van der Waals surface area contributed by atoms with Crippen LogP contribution in [0.25, 0.3) is 11.3 Å². The lowest BCUT2D eigenvalue weighted by Gasteiger charge is -2.13. The van der Waals surface area contributed by atoms with Crippen LogP contribution >= 0.6 is 23.4 Å². The van der Waals surface area contributed by atoms with E-state index in [1.807, 2.05) is 12.3 Å². The summed E-state index contributed by atoms with van der Waals surface area (Å²) in [6, 6.07) is 5.45. The van der Waals surface area contributed by atoms with Crippen molar-refractivity contribution in [3.63, 3.8) is 0 Å². The SMILES string of the molecule is CSc1nccc(-c2cc(Cl)c3c(c2)CC(CNC(=O)CCC(F)(F)F)O3)n1. The number of hydrogen-bond acceptors (Lipinski definition) is 5. The molecular formula is C18H17ClF3N3O2S. The highest BCUT2D eigenvalue weighted by molar-refractivity contribution is 7.98. The number of rotatable bonds is 6. The molecule has 0 saturated carbocycles. The van der Waals surface area contributed by atoms with Crippen molar-refractivity contribution in [1.82, 2.24) is 15.3 Å². The van der Waals surface area contributed by atoms with Gasteiger partial charge in [-0.15, -0.1) is 0 Å². The molecule has 0 aliphatic carbocycles. The van der Waals surface area contributed by atoms with Gasteiger partial charge in [-0.05, 0) is 24.5 Å². The van der Waals surface area contributed by atoms with Crippen LogP contribution < -0.4 is 10.1 Å². The number of hydrogen-bond donors (Lipinski definition) is 1. The second kappa shape index (κ2) is 8.57. The summed E-state index contributed by atoms with van der Waals surface area (Å²) in [7, 11) is 0. The van der Waals surface area contributed by atoms with Crippen LogP contribution in [0.5, 0.6) is 5.75 Å². The highest BCUT2D eigenvalue weighted by Crippen LogP contribution is 2.39. The van der Waals surface area contributed by atoms with Crippen molar-refractivity contribution in [3.05, 3.63) is 35.0 Å². The van der Waals surface area contributed by atoms with Gasteiger partial charge in [0, 0.05) is 30.2 Å². The first-order valence-corrected chi connectivity index (χ1v) is 10.1. The van der Waals surface area contributed by atoms with E-state index in [2.05, 4.69) is 15.3 Å². The number of benzene rings is 1. The average Bonchev–Trinajstić information content (AvgIpc) is 3.08. The van der Waals surface area contributed by atoms with Gasteiger partial charge < -0.3 is 10.1 Å². The van der Waals surface area contributed by atoms with Crippen LogP contribution in [0.4, 0.5) is 13.2 Å². The zero-order chi connectivity index (χ0) is 20.3. The molecule has 1 unspecified atom stereocenters. The third-order valence-corrected chi connectivity index (χ3v) is 4.97. The molecule has 0 spiro atoms. The van der Waals surface area contributed by atoms with Crippen LogP contribution in [0.3, 0.4) is 0 Å². The van der Waals surface area contributed by atoms with Crippen molar-refractivity contribution in [2.75, 3.05) is 12.8 Å². The Hall–Kier alpha value is -2.00. The van der Waals surface area contributed by atoms with Crippen LogP contribution in [-0.2, 0) is 11.2 Å². The summed E-state index contributed by atoms with van der Waals surface area (Å²) in [4.78, 5) is 20.2. The number of nitrogens with zero attached hydrogens (tertiary/aromatic N) is 2. The van der Waals surface area contributed by atoms with E-state index in [9.17, 15) is 18.0 Å². The molecule has 10 heteroatoms. The van der Waals surface area contributed by atoms with Gasteiger partial charge >= 0.3 is 6.18 Å². The molecule has 150 valence electrons. The van der Waals surface area contributed by atoms with Gasteiger partial charge in [0.2, 0.25) is 5.91 Å². The number of nitrogens with one attached hydrogen (secondary N) is 1. The fraction of sp³-hybridized carbons (Fsp3) is 0.389. The third kappa shape index (κ3) is 5.29. The minimum Gasteiger partial charge on any atom is -0.486 e. The number of halogens is 4. The average molecular weight is 432 g/mol. The van der Waals surface area contributed by atoms with E-state index in [4.69, 9.17) is 16.3 Å². The summed E-state index contributed by atoms with van der Waals surface area (Å²) in [6.45, 7) is 0.112. The quantitative estimate of drug-likeness (QED) is 0.546. The molecule has 1 aromatic heterocycles. The molecule has 1 N–H and O–H groups in total. The zero-order valence-corrected chi connectivity index (χ0v) is 16.4. The van der Waals surface area contributed by atoms with Gasteiger partial charge in [0.25, 0.3) is 0 Å². The maximum absolute atomic E-state index is 12.2. The van der Waals surface area contributed by atoms with E-state index >= 15 is 0 Å². The number of ether oxygens (including phenoxy) is 1. The van der Waals surface area contributed by atoms with Crippen LogP contribution in [-0.4, -0.2) is 41.0 Å². The highest BCUT2D eigenvalue weighted by atomic mass is 35.5. The molecule has 1 aliphatic rings. The van der Waals surface area contributed by atoms with Crippen molar-refractivity contribution >= 4 is 29.3 Å². The topological polar surface area (TPSA) is 64.1 Å². The fourth-order valence-corrected chi connectivity index (χ4v) is 3.46. The lowest BCUT2D eigenvalue weighted by atomic mass is 10.0. The molecule has 1 aromatic carbocycles. The molecule has 5 nitrogen and oxygen atoms in total. The summed E-state index contributed by atoms with van der Waals surface area (Å²) in [5.41, 5.74) is 2.41. The van der Waals surface area contributed by atoms with Crippen LogP contribution in [0.15, 0.2) is 29.6 Å². The number of amides is 1. The van der Waals surface area contributed by atoms with E-state index in [0.29, 0.717) is 22.3 Å². The maximum atomic E-state index is 12.2. The second-order valence-corrected chi connectivity index (χ2v) is 7.42. The van der Waals surface area contributed by atoms with Crippen molar-refractivity contribution in [2.24, 2.45) is 0 Å². The Morgan fingerprint density at radius 2 is 2.21 bits per heavy atom. The standard InChI is InChI=1S/C18H17ClF3N3O2S/c1-28-17-23-5-3-14(25-17)10-6-11-7-12(27-16(11)13(19)8-10)9-24-15(26)2-4-18(20,21)22/h3,5-6,8,12H,2,4,7,9H2,1H3,(H,24,26). The van der Waals surface area contributed by atoms with Gasteiger partial charge in [0.15, 0.2) is 5.16 Å². The fourth-order valence-electron chi connectivity index (χ4n) is 2.82. The smallest absolute Gasteiger partial charge is 0.389 e. The lowest BCUT2D eigenvalue weighted by Crippen LogP contribution is -2.34. The highest BCUT2D eigenvalue weighted by Gasteiger charge is 2.29.